The predicted molar refractivity (Wildman–Crippen MR) is 116 cm³/mol. The number of halogens is 1. The standard InChI is InChI=1S/C14H19N3O3.C7H6FNO3/c1-20-14-9-11(4-5-13(14)17(18)19)16-8-7-15-6-2-3-12(15)10-16;1-12-7-4-5(8)2-3-6(7)9(10)11/h4-5,9,12H,2-3,6-8,10H2,1H3;2-4H,1H3. The van der Waals surface area contributed by atoms with Gasteiger partial charge in [0.15, 0.2) is 11.5 Å². The molecule has 11 heteroatoms. The van der Waals surface area contributed by atoms with Crippen molar-refractivity contribution in [1.82, 2.24) is 4.90 Å². The lowest BCUT2D eigenvalue weighted by molar-refractivity contribution is -0.385. The van der Waals surface area contributed by atoms with Gasteiger partial charge in [0.05, 0.1) is 24.1 Å². The molecule has 1 atom stereocenters. The number of fused-ring (bicyclic) bond motifs is 1. The minimum Gasteiger partial charge on any atom is -0.490 e. The van der Waals surface area contributed by atoms with E-state index in [-0.39, 0.29) is 17.1 Å². The van der Waals surface area contributed by atoms with Gasteiger partial charge >= 0.3 is 11.4 Å². The first-order valence-electron chi connectivity index (χ1n) is 10.1. The van der Waals surface area contributed by atoms with E-state index in [0.29, 0.717) is 11.8 Å². The van der Waals surface area contributed by atoms with Gasteiger partial charge in [-0.2, -0.15) is 0 Å². The highest BCUT2D eigenvalue weighted by atomic mass is 19.1. The van der Waals surface area contributed by atoms with Crippen LogP contribution in [-0.2, 0) is 0 Å². The van der Waals surface area contributed by atoms with Crippen LogP contribution >= 0.6 is 0 Å². The van der Waals surface area contributed by atoms with Crippen LogP contribution in [0.25, 0.3) is 0 Å². The number of methoxy groups -OCH3 is 2. The van der Waals surface area contributed by atoms with E-state index in [1.165, 1.54) is 39.7 Å². The molecule has 0 amide bonds. The van der Waals surface area contributed by atoms with Crippen molar-refractivity contribution in [3.05, 3.63) is 62.4 Å². The van der Waals surface area contributed by atoms with E-state index in [4.69, 9.17) is 4.74 Å². The third-order valence-electron chi connectivity index (χ3n) is 5.65. The molecule has 0 radical (unpaired) electrons. The van der Waals surface area contributed by atoms with Gasteiger partial charge in [-0.25, -0.2) is 4.39 Å². The fraction of sp³-hybridized carbons (Fsp3) is 0.429. The number of nitro benzene ring substituents is 2. The van der Waals surface area contributed by atoms with Crippen LogP contribution in [0.5, 0.6) is 11.5 Å². The first-order chi connectivity index (χ1) is 15.3. The number of nitrogens with zero attached hydrogens (tertiary/aromatic N) is 4. The normalized spacial score (nSPS) is 17.7. The fourth-order valence-electron chi connectivity index (χ4n) is 4.04. The topological polar surface area (TPSA) is 111 Å². The lowest BCUT2D eigenvalue weighted by Gasteiger charge is -2.38. The smallest absolute Gasteiger partial charge is 0.311 e. The molecule has 172 valence electrons. The van der Waals surface area contributed by atoms with E-state index >= 15 is 0 Å². The van der Waals surface area contributed by atoms with Crippen LogP contribution in [0.2, 0.25) is 0 Å². The van der Waals surface area contributed by atoms with Gasteiger partial charge in [-0.05, 0) is 31.5 Å². The summed E-state index contributed by atoms with van der Waals surface area (Å²) in [4.78, 5) is 25.0. The highest BCUT2D eigenvalue weighted by molar-refractivity contribution is 5.59. The molecule has 2 aromatic carbocycles. The minimum atomic E-state index is -0.627. The summed E-state index contributed by atoms with van der Waals surface area (Å²) in [5.41, 5.74) is 0.800. The number of rotatable bonds is 5. The molecule has 0 aromatic heterocycles. The quantitative estimate of drug-likeness (QED) is 0.504. The van der Waals surface area contributed by atoms with Gasteiger partial charge in [0.1, 0.15) is 5.82 Å². The zero-order valence-electron chi connectivity index (χ0n) is 17.9. The number of ether oxygens (including phenoxy) is 2. The minimum absolute atomic E-state index is 0.0238. The summed E-state index contributed by atoms with van der Waals surface area (Å²) in [6.45, 7) is 4.25. The van der Waals surface area contributed by atoms with E-state index in [9.17, 15) is 24.6 Å². The molecule has 0 spiro atoms. The highest BCUT2D eigenvalue weighted by Crippen LogP contribution is 2.33. The Hall–Kier alpha value is -3.47. The van der Waals surface area contributed by atoms with Crippen molar-refractivity contribution >= 4 is 17.1 Å². The molecule has 2 saturated heterocycles. The first-order valence-corrected chi connectivity index (χ1v) is 10.1. The average Bonchev–Trinajstić information content (AvgIpc) is 3.26. The second kappa shape index (κ2) is 10.2. The van der Waals surface area contributed by atoms with Crippen molar-refractivity contribution in [3.63, 3.8) is 0 Å². The maximum Gasteiger partial charge on any atom is 0.311 e. The molecular formula is C21H25FN4O6. The molecule has 1 unspecified atom stereocenters. The van der Waals surface area contributed by atoms with Gasteiger partial charge in [-0.1, -0.05) is 0 Å². The van der Waals surface area contributed by atoms with Crippen molar-refractivity contribution in [3.8, 4) is 11.5 Å². The van der Waals surface area contributed by atoms with E-state index in [1.807, 2.05) is 6.07 Å². The van der Waals surface area contributed by atoms with Crippen LogP contribution < -0.4 is 14.4 Å². The SMILES string of the molecule is COc1cc(F)ccc1[N+](=O)[O-].COc1cc(N2CCN3CCCC3C2)ccc1[N+](=O)[O-]. The zero-order chi connectivity index (χ0) is 23.3. The summed E-state index contributed by atoms with van der Waals surface area (Å²) in [5, 5.41) is 21.2. The molecule has 0 aliphatic carbocycles. The average molecular weight is 448 g/mol. The van der Waals surface area contributed by atoms with Crippen molar-refractivity contribution in [1.29, 1.82) is 0 Å². The molecule has 32 heavy (non-hydrogen) atoms. The van der Waals surface area contributed by atoms with Crippen LogP contribution in [0.15, 0.2) is 36.4 Å². The molecule has 0 bridgehead atoms. The third kappa shape index (κ3) is 5.22. The Bertz CT molecular complexity index is 989. The molecule has 0 N–H and O–H groups in total. The van der Waals surface area contributed by atoms with Crippen LogP contribution in [0.4, 0.5) is 21.5 Å². The summed E-state index contributed by atoms with van der Waals surface area (Å²) in [6.07, 6.45) is 2.53. The molecule has 2 fully saturated rings. The van der Waals surface area contributed by atoms with Gasteiger partial charge < -0.3 is 14.4 Å². The molecule has 10 nitrogen and oxygen atoms in total. The molecule has 4 rings (SSSR count). The number of benzene rings is 2. The summed E-state index contributed by atoms with van der Waals surface area (Å²) < 4.78 is 22.2. The number of anilines is 1. The van der Waals surface area contributed by atoms with Crippen molar-refractivity contribution in [2.24, 2.45) is 0 Å². The van der Waals surface area contributed by atoms with E-state index < -0.39 is 15.7 Å². The van der Waals surface area contributed by atoms with Crippen molar-refractivity contribution < 1.29 is 23.7 Å². The van der Waals surface area contributed by atoms with Gasteiger partial charge in [0, 0.05) is 55.6 Å². The predicted octanol–water partition coefficient (Wildman–Crippen LogP) is 3.63. The van der Waals surface area contributed by atoms with E-state index in [2.05, 4.69) is 14.5 Å². The largest absolute Gasteiger partial charge is 0.490 e. The zero-order valence-corrected chi connectivity index (χ0v) is 17.9. The molecule has 2 heterocycles. The van der Waals surface area contributed by atoms with Gasteiger partial charge in [0.25, 0.3) is 0 Å². The number of hydrogen-bond donors (Lipinski definition) is 0. The summed E-state index contributed by atoms with van der Waals surface area (Å²) in [5.74, 6) is -0.293. The Labute approximate surface area is 184 Å². The first kappa shape index (κ1) is 23.2. The van der Waals surface area contributed by atoms with Crippen LogP contribution in [-0.4, -0.2) is 61.2 Å². The molecule has 0 saturated carbocycles. The van der Waals surface area contributed by atoms with Crippen molar-refractivity contribution in [2.45, 2.75) is 18.9 Å². The molecule has 2 aromatic rings. The second-order valence-corrected chi connectivity index (χ2v) is 7.46. The fourth-order valence-corrected chi connectivity index (χ4v) is 4.04. The number of piperazine rings is 1. The molecule has 2 aliphatic heterocycles. The monoisotopic (exact) mass is 448 g/mol. The Kier molecular flexibility index (Phi) is 7.41. The van der Waals surface area contributed by atoms with Crippen LogP contribution in [0, 0.1) is 26.0 Å². The number of nitro groups is 2. The van der Waals surface area contributed by atoms with Crippen LogP contribution in [0.3, 0.4) is 0 Å². The number of hydrogen-bond acceptors (Lipinski definition) is 8. The second-order valence-electron chi connectivity index (χ2n) is 7.46. The summed E-state index contributed by atoms with van der Waals surface area (Å²) in [6, 6.07) is 8.82. The lowest BCUT2D eigenvalue weighted by atomic mass is 10.1. The Morgan fingerprint density at radius 2 is 1.56 bits per heavy atom. The lowest BCUT2D eigenvalue weighted by Crippen LogP contribution is -2.50. The summed E-state index contributed by atoms with van der Waals surface area (Å²) in [7, 11) is 2.72. The molecular weight excluding hydrogens is 423 g/mol. The van der Waals surface area contributed by atoms with E-state index in [0.717, 1.165) is 43.5 Å². The van der Waals surface area contributed by atoms with Crippen LogP contribution in [0.1, 0.15) is 12.8 Å². The third-order valence-corrected chi connectivity index (χ3v) is 5.65. The Morgan fingerprint density at radius 1 is 0.938 bits per heavy atom. The Morgan fingerprint density at radius 3 is 2.19 bits per heavy atom. The Balaban J connectivity index is 0.000000207. The summed E-state index contributed by atoms with van der Waals surface area (Å²) >= 11 is 0. The maximum absolute atomic E-state index is 12.5. The van der Waals surface area contributed by atoms with E-state index in [1.54, 1.807) is 6.07 Å². The highest BCUT2D eigenvalue weighted by Gasteiger charge is 2.31. The van der Waals surface area contributed by atoms with Gasteiger partial charge in [0.2, 0.25) is 0 Å². The van der Waals surface area contributed by atoms with Gasteiger partial charge in [-0.15, -0.1) is 0 Å². The molecule has 2 aliphatic rings. The maximum atomic E-state index is 12.5. The van der Waals surface area contributed by atoms with Crippen molar-refractivity contribution in [2.75, 3.05) is 45.3 Å². The van der Waals surface area contributed by atoms with Gasteiger partial charge in [-0.3, -0.25) is 25.1 Å².